The number of aryl methyl sites for hydroxylation is 1. The second-order valence-electron chi connectivity index (χ2n) is 8.42. The Morgan fingerprint density at radius 3 is 2.86 bits per heavy atom. The topological polar surface area (TPSA) is 35.2 Å². The molecule has 0 fully saturated rings. The molecule has 0 spiro atoms. The monoisotopic (exact) mass is 675 g/mol. The zero-order valence-corrected chi connectivity index (χ0v) is 23.7. The van der Waals surface area contributed by atoms with Crippen LogP contribution in [0, 0.1) is 25.7 Å². The Morgan fingerprint density at radius 1 is 1.28 bits per heavy atom. The van der Waals surface area contributed by atoms with Crippen LogP contribution in [0.1, 0.15) is 47.5 Å². The maximum Gasteiger partial charge on any atom is 3.00 e. The molecule has 0 bridgehead atoms. The van der Waals surface area contributed by atoms with Crippen LogP contribution in [0.3, 0.4) is 0 Å². The van der Waals surface area contributed by atoms with Crippen LogP contribution < -0.4 is 9.75 Å². The Bertz CT molecular complexity index is 1830. The van der Waals surface area contributed by atoms with E-state index in [1.165, 1.54) is 15.6 Å². The fourth-order valence-electron chi connectivity index (χ4n) is 3.60. The van der Waals surface area contributed by atoms with Crippen LogP contribution in [0.4, 0.5) is 0 Å². The van der Waals surface area contributed by atoms with Crippen molar-refractivity contribution in [3.63, 3.8) is 0 Å². The average Bonchev–Trinajstić information content (AvgIpc) is 3.34. The van der Waals surface area contributed by atoms with Gasteiger partial charge in [-0.3, -0.25) is 5.71 Å². The third-order valence-corrected chi connectivity index (χ3v) is 6.79. The van der Waals surface area contributed by atoms with E-state index in [1.807, 2.05) is 12.5 Å². The first-order valence-electron chi connectivity index (χ1n) is 14.9. The number of rotatable bonds is 5. The predicted octanol–water partition coefficient (Wildman–Crippen LogP) is 7.05. The van der Waals surface area contributed by atoms with Crippen molar-refractivity contribution in [1.82, 2.24) is 4.98 Å². The summed E-state index contributed by atoms with van der Waals surface area (Å²) in [6.07, 6.45) is 12.5. The fourth-order valence-corrected chi connectivity index (χ4v) is 4.94. The molecule has 0 N–H and O–H groups in total. The van der Waals surface area contributed by atoms with Gasteiger partial charge in [-0.2, -0.15) is 18.9 Å². The van der Waals surface area contributed by atoms with E-state index < -0.39 is 5.89 Å². The van der Waals surface area contributed by atoms with Gasteiger partial charge in [-0.05, 0) is 41.6 Å². The number of benzene rings is 1. The van der Waals surface area contributed by atoms with Crippen LogP contribution in [-0.4, -0.2) is 10.7 Å². The Balaban J connectivity index is 0.000000241. The van der Waals surface area contributed by atoms with Gasteiger partial charge in [0, 0.05) is 13.6 Å². The van der Waals surface area contributed by atoms with Crippen molar-refractivity contribution >= 4 is 38.8 Å². The second kappa shape index (κ2) is 12.9. The summed E-state index contributed by atoms with van der Waals surface area (Å²) in [7, 11) is 0. The molecule has 2 nitrogen and oxygen atoms in total. The summed E-state index contributed by atoms with van der Waals surface area (Å²) in [5.74, 6) is -1.03. The van der Waals surface area contributed by atoms with Crippen LogP contribution >= 0.6 is 11.3 Å². The van der Waals surface area contributed by atoms with E-state index in [1.54, 1.807) is 43.8 Å². The van der Waals surface area contributed by atoms with Crippen molar-refractivity contribution in [2.75, 3.05) is 0 Å². The van der Waals surface area contributed by atoms with Crippen LogP contribution in [0.5, 0.6) is 0 Å². The maximum absolute atomic E-state index is 9.94. The number of thiophene rings is 1. The van der Waals surface area contributed by atoms with Crippen LogP contribution in [0.2, 0.25) is 0 Å². The van der Waals surface area contributed by atoms with E-state index in [4.69, 9.17) is 9.60 Å². The molecule has 2 aromatic heterocycles. The molecular formula is C32H31IrN2S. The minimum absolute atomic E-state index is 0. The Kier molecular flexibility index (Phi) is 6.88. The molecule has 2 aliphatic carbocycles. The molecule has 2 heterocycles. The van der Waals surface area contributed by atoms with Crippen molar-refractivity contribution in [2.45, 2.75) is 33.6 Å². The SMILES string of the molecule is [2H]/C(C(=C)C([2H])(C)C)=C(\[2H])C(=[N-])C1=CC=CC[CH-]1.[2H]c1nc(C2=c3sc4cc(C)ccc4c3=CC[CH-]2)c([2H])c([2H])c1[2H].[Ir+3]. The minimum Gasteiger partial charge on any atom is -0.872 e. The molecule has 0 atom stereocenters. The van der Waals surface area contributed by atoms with Gasteiger partial charge >= 0.3 is 20.1 Å². The molecule has 184 valence electrons. The molecule has 36 heavy (non-hydrogen) atoms. The predicted molar refractivity (Wildman–Crippen MR) is 154 cm³/mol. The van der Waals surface area contributed by atoms with Crippen LogP contribution in [-0.2, 0) is 20.1 Å². The van der Waals surface area contributed by atoms with E-state index >= 15 is 0 Å². The largest absolute Gasteiger partial charge is 3.00 e. The molecule has 0 amide bonds. The summed E-state index contributed by atoms with van der Waals surface area (Å²) in [6, 6.07) is 5.26. The van der Waals surface area contributed by atoms with E-state index in [0.717, 1.165) is 21.7 Å². The first-order chi connectivity index (χ1) is 19.7. The quantitative estimate of drug-likeness (QED) is 0.162. The number of nitrogens with zero attached hydrogens (tertiary/aromatic N) is 2. The van der Waals surface area contributed by atoms with E-state index in [2.05, 4.69) is 42.8 Å². The second-order valence-corrected chi connectivity index (χ2v) is 9.47. The average molecular weight is 675 g/mol. The van der Waals surface area contributed by atoms with Crippen molar-refractivity contribution in [2.24, 2.45) is 5.89 Å². The van der Waals surface area contributed by atoms with Gasteiger partial charge in [-0.1, -0.05) is 84.9 Å². The van der Waals surface area contributed by atoms with Gasteiger partial charge in [-0.15, -0.1) is 23.8 Å². The van der Waals surface area contributed by atoms with Crippen LogP contribution in [0.25, 0.3) is 27.1 Å². The van der Waals surface area contributed by atoms with Gasteiger partial charge in [-0.25, -0.2) is 16.9 Å². The molecule has 0 saturated heterocycles. The van der Waals surface area contributed by atoms with E-state index in [-0.39, 0.29) is 67.8 Å². The molecule has 0 aliphatic heterocycles. The van der Waals surface area contributed by atoms with Crippen molar-refractivity contribution in [3.8, 4) is 0 Å². The molecule has 3 aromatic rings. The summed E-state index contributed by atoms with van der Waals surface area (Å²) in [4.78, 5) is 4.14. The van der Waals surface area contributed by atoms with Gasteiger partial charge in [0.1, 0.15) is 0 Å². The standard InChI is InChI=1S/C18H14NS.C14H17N.Ir/c1-12-8-9-13-14-5-4-6-15(16-7-2-3-10-19-16)18(14)20-17(13)11-12;1-11(2)12(3)9-10-14(15)13-7-5-4-6-8-13;/h2-3,5-11H,4H2,1H3;4-5,7-11H,3,6H2,1-2H3;/q-1;-2;+3/b;10-9-;/i2D,3D,7D,10D;9D,10D,11D;. The molecule has 0 unspecified atom stereocenters. The molecule has 0 saturated carbocycles. The first-order valence-corrected chi connectivity index (χ1v) is 12.2. The zero-order chi connectivity index (χ0) is 30.9. The normalized spacial score (nSPS) is 17.6. The van der Waals surface area contributed by atoms with Gasteiger partial charge in [0.25, 0.3) is 0 Å². The summed E-state index contributed by atoms with van der Waals surface area (Å²) in [5.41, 5.74) is 2.84. The summed E-state index contributed by atoms with van der Waals surface area (Å²) >= 11 is 1.65. The van der Waals surface area contributed by atoms with Crippen molar-refractivity contribution in [1.29, 1.82) is 0 Å². The molecular weight excluding hydrogens is 637 g/mol. The minimum atomic E-state index is -1.03. The summed E-state index contributed by atoms with van der Waals surface area (Å²) in [5, 5.41) is 12.3. The molecule has 0 radical (unpaired) electrons. The molecule has 1 aromatic carbocycles. The Hall–Kier alpha value is -2.91. The fraction of sp³-hybridized carbons (Fsp3) is 0.188. The van der Waals surface area contributed by atoms with E-state index in [9.17, 15) is 5.41 Å². The Labute approximate surface area is 242 Å². The number of pyridine rings is 1. The van der Waals surface area contributed by atoms with Gasteiger partial charge < -0.3 is 10.4 Å². The summed E-state index contributed by atoms with van der Waals surface area (Å²) in [6.45, 7) is 8.92. The number of fused-ring (bicyclic) bond motifs is 3. The Morgan fingerprint density at radius 2 is 2.11 bits per heavy atom. The summed E-state index contributed by atoms with van der Waals surface area (Å²) < 4.78 is 57.2. The van der Waals surface area contributed by atoms with Gasteiger partial charge in [0.15, 0.2) is 0 Å². The van der Waals surface area contributed by atoms with Crippen LogP contribution in [0.15, 0.2) is 90.6 Å². The first kappa shape index (κ1) is 19.2. The number of aromatic nitrogens is 1. The maximum atomic E-state index is 9.94. The molecule has 5 rings (SSSR count). The zero-order valence-electron chi connectivity index (χ0n) is 27.5. The third kappa shape index (κ3) is 6.64. The third-order valence-electron chi connectivity index (χ3n) is 5.59. The van der Waals surface area contributed by atoms with Crippen molar-refractivity contribution in [3.05, 3.63) is 130 Å². The van der Waals surface area contributed by atoms with E-state index in [0.29, 0.717) is 17.7 Å². The molecule has 4 heteroatoms. The number of hydrogen-bond donors (Lipinski definition) is 0. The van der Waals surface area contributed by atoms with Crippen molar-refractivity contribution < 1.29 is 29.7 Å². The smallest absolute Gasteiger partial charge is 0.872 e. The number of allylic oxidation sites excluding steroid dienone is 7. The van der Waals surface area contributed by atoms with Gasteiger partial charge in [0.2, 0.25) is 0 Å². The number of hydrogen-bond acceptors (Lipinski definition) is 2. The van der Waals surface area contributed by atoms with Gasteiger partial charge in [0.05, 0.1) is 6.85 Å². The molecule has 2 aliphatic rings.